The molecule has 1 aromatic carbocycles. The molecular weight excluding hydrogens is 213 g/mol. The van der Waals surface area contributed by atoms with Crippen molar-refractivity contribution in [2.45, 2.75) is 4.90 Å². The van der Waals surface area contributed by atoms with Gasteiger partial charge in [0, 0.05) is 0 Å². The largest absolute Gasteiger partial charge is 0.243 e. The normalized spacial score (nSPS) is 12.1. The van der Waals surface area contributed by atoms with Gasteiger partial charge in [-0.15, -0.1) is 0 Å². The Morgan fingerprint density at radius 2 is 2.07 bits per heavy atom. The molecule has 0 saturated heterocycles. The summed E-state index contributed by atoms with van der Waals surface area (Å²) >= 11 is 0. The summed E-state index contributed by atoms with van der Waals surface area (Å²) in [5.74, 6) is -0.976. The van der Waals surface area contributed by atoms with E-state index in [0.717, 1.165) is 6.07 Å². The third-order valence-electron chi connectivity index (χ3n) is 1.62. The van der Waals surface area contributed by atoms with Gasteiger partial charge in [0.2, 0.25) is 10.0 Å². The zero-order valence-electron chi connectivity index (χ0n) is 6.64. The van der Waals surface area contributed by atoms with E-state index >= 15 is 0 Å². The Bertz CT molecular complexity index is 591. The highest BCUT2D eigenvalue weighted by Gasteiger charge is 2.21. The summed E-state index contributed by atoms with van der Waals surface area (Å²) in [7, 11) is -4.17. The molecular formula is C6H4FN3O3S. The number of nitrogens with zero attached hydrogens (tertiary/aromatic N) is 2. The van der Waals surface area contributed by atoms with Crippen LogP contribution in [0.1, 0.15) is 0 Å². The molecule has 0 fully saturated rings. The van der Waals surface area contributed by atoms with Crippen LogP contribution >= 0.6 is 0 Å². The Morgan fingerprint density at radius 1 is 1.36 bits per heavy atom. The van der Waals surface area contributed by atoms with Gasteiger partial charge in [0.15, 0.2) is 5.52 Å². The fraction of sp³-hybridized carbons (Fsp3) is 0. The molecule has 8 heteroatoms. The van der Waals surface area contributed by atoms with Crippen molar-refractivity contribution in [1.82, 2.24) is 10.3 Å². The maximum Gasteiger partial charge on any atom is 0.243 e. The first-order valence-electron chi connectivity index (χ1n) is 3.44. The lowest BCUT2D eigenvalue weighted by molar-refractivity contribution is 0.315. The van der Waals surface area contributed by atoms with Crippen molar-refractivity contribution in [2.75, 3.05) is 0 Å². The number of nitrogens with two attached hydrogens (primary N) is 1. The minimum absolute atomic E-state index is 0.135. The van der Waals surface area contributed by atoms with E-state index in [0.29, 0.717) is 0 Å². The van der Waals surface area contributed by atoms with Crippen molar-refractivity contribution in [1.29, 1.82) is 0 Å². The van der Waals surface area contributed by atoms with Crippen LogP contribution in [0.4, 0.5) is 4.39 Å². The number of fused-ring (bicyclic) bond motifs is 1. The van der Waals surface area contributed by atoms with Crippen molar-refractivity contribution in [3.05, 3.63) is 17.9 Å². The molecule has 1 heterocycles. The lowest BCUT2D eigenvalue weighted by Gasteiger charge is -1.98. The number of aromatic nitrogens is 2. The Kier molecular flexibility index (Phi) is 1.76. The van der Waals surface area contributed by atoms with Crippen molar-refractivity contribution in [2.24, 2.45) is 5.14 Å². The van der Waals surface area contributed by atoms with Crippen LogP contribution in [-0.2, 0) is 10.0 Å². The van der Waals surface area contributed by atoms with Crippen LogP contribution in [0.15, 0.2) is 21.7 Å². The first kappa shape index (κ1) is 9.03. The molecule has 0 amide bonds. The summed E-state index contributed by atoms with van der Waals surface area (Å²) in [6, 6.07) is 2.18. The van der Waals surface area contributed by atoms with Crippen LogP contribution in [0.25, 0.3) is 11.0 Å². The molecule has 14 heavy (non-hydrogen) atoms. The van der Waals surface area contributed by atoms with Crippen LogP contribution in [0, 0.1) is 5.82 Å². The second-order valence-electron chi connectivity index (χ2n) is 2.55. The maximum atomic E-state index is 13.1. The zero-order chi connectivity index (χ0) is 10.3. The smallest absolute Gasteiger partial charge is 0.243 e. The van der Waals surface area contributed by atoms with Gasteiger partial charge in [-0.25, -0.2) is 22.6 Å². The minimum atomic E-state index is -4.17. The van der Waals surface area contributed by atoms with Gasteiger partial charge < -0.3 is 0 Å². The monoisotopic (exact) mass is 217 g/mol. The first-order chi connectivity index (χ1) is 6.50. The molecule has 0 bridgehead atoms. The summed E-state index contributed by atoms with van der Waals surface area (Å²) in [4.78, 5) is -0.698. The van der Waals surface area contributed by atoms with Crippen LogP contribution in [-0.4, -0.2) is 18.7 Å². The quantitative estimate of drug-likeness (QED) is 0.725. The molecule has 0 aliphatic heterocycles. The molecule has 0 radical (unpaired) electrons. The Balaban J connectivity index is 2.98. The predicted octanol–water partition coefficient (Wildman–Crippen LogP) is 0.00930. The van der Waals surface area contributed by atoms with E-state index in [2.05, 4.69) is 14.9 Å². The van der Waals surface area contributed by atoms with E-state index < -0.39 is 20.7 Å². The van der Waals surface area contributed by atoms with E-state index in [4.69, 9.17) is 5.14 Å². The number of sulfonamides is 1. The number of benzene rings is 1. The molecule has 1 aromatic heterocycles. The van der Waals surface area contributed by atoms with Crippen molar-refractivity contribution in [3.63, 3.8) is 0 Å². The van der Waals surface area contributed by atoms with Crippen LogP contribution in [0.5, 0.6) is 0 Å². The summed E-state index contributed by atoms with van der Waals surface area (Å²) < 4.78 is 39.4. The number of primary sulfonamides is 1. The van der Waals surface area contributed by atoms with Gasteiger partial charge >= 0.3 is 0 Å². The van der Waals surface area contributed by atoms with Gasteiger partial charge in [-0.2, -0.15) is 0 Å². The van der Waals surface area contributed by atoms with Gasteiger partial charge in [0.05, 0.1) is 0 Å². The summed E-state index contributed by atoms with van der Waals surface area (Å²) in [6.45, 7) is 0. The predicted molar refractivity (Wildman–Crippen MR) is 43.1 cm³/mol. The topological polar surface area (TPSA) is 99.1 Å². The summed E-state index contributed by atoms with van der Waals surface area (Å²) in [5.41, 5.74) is -0.0667. The molecule has 0 saturated carbocycles. The number of hydrogen-bond donors (Lipinski definition) is 1. The number of rotatable bonds is 1. The molecule has 2 aromatic rings. The molecule has 2 rings (SSSR count). The molecule has 0 aliphatic rings. The lowest BCUT2D eigenvalue weighted by atomic mass is 10.3. The number of halogens is 1. The Morgan fingerprint density at radius 3 is 2.71 bits per heavy atom. The second-order valence-corrected chi connectivity index (χ2v) is 4.05. The summed E-state index contributed by atoms with van der Waals surface area (Å²) in [5, 5.41) is 11.4. The molecule has 6 nitrogen and oxygen atoms in total. The van der Waals surface area contributed by atoms with Crippen molar-refractivity contribution < 1.29 is 17.4 Å². The van der Waals surface area contributed by atoms with E-state index in [1.54, 1.807) is 0 Å². The van der Waals surface area contributed by atoms with Crippen LogP contribution in [0.2, 0.25) is 0 Å². The van der Waals surface area contributed by atoms with E-state index in [1.165, 1.54) is 6.07 Å². The lowest BCUT2D eigenvalue weighted by Crippen LogP contribution is -2.14. The molecule has 0 aliphatic carbocycles. The zero-order valence-corrected chi connectivity index (χ0v) is 7.45. The Hall–Kier alpha value is -1.54. The maximum absolute atomic E-state index is 13.1. The van der Waals surface area contributed by atoms with Crippen molar-refractivity contribution >= 4 is 21.1 Å². The third kappa shape index (κ3) is 1.24. The molecule has 2 N–H and O–H groups in total. The molecule has 0 unspecified atom stereocenters. The van der Waals surface area contributed by atoms with Crippen LogP contribution < -0.4 is 5.14 Å². The molecule has 74 valence electrons. The highest BCUT2D eigenvalue weighted by atomic mass is 32.2. The summed E-state index contributed by atoms with van der Waals surface area (Å²) in [6.07, 6.45) is 0. The highest BCUT2D eigenvalue weighted by molar-refractivity contribution is 7.89. The third-order valence-corrected chi connectivity index (χ3v) is 2.58. The van der Waals surface area contributed by atoms with Gasteiger partial charge in [0.1, 0.15) is 16.2 Å². The van der Waals surface area contributed by atoms with Gasteiger partial charge in [-0.05, 0) is 22.4 Å². The number of hydrogen-bond acceptors (Lipinski definition) is 5. The highest BCUT2D eigenvalue weighted by Crippen LogP contribution is 2.21. The average molecular weight is 217 g/mol. The fourth-order valence-electron chi connectivity index (χ4n) is 1.07. The standard InChI is InChI=1S/C6H4FN3O3S/c7-3-1-2-4-5(10-13-9-4)6(3)14(8,11)12/h1-2H,(H2,8,11,12). The molecule has 0 atom stereocenters. The SMILES string of the molecule is NS(=O)(=O)c1c(F)ccc2nonc12. The van der Waals surface area contributed by atoms with E-state index in [-0.39, 0.29) is 11.0 Å². The van der Waals surface area contributed by atoms with Gasteiger partial charge in [-0.3, -0.25) is 0 Å². The minimum Gasteiger partial charge on any atom is -0.243 e. The van der Waals surface area contributed by atoms with Crippen molar-refractivity contribution in [3.8, 4) is 0 Å². The fourth-order valence-corrected chi connectivity index (χ4v) is 1.83. The molecule has 0 spiro atoms. The average Bonchev–Trinajstić information content (AvgIpc) is 2.48. The van der Waals surface area contributed by atoms with E-state index in [9.17, 15) is 12.8 Å². The Labute approximate surface area is 77.5 Å². The van der Waals surface area contributed by atoms with Gasteiger partial charge in [-0.1, -0.05) is 0 Å². The first-order valence-corrected chi connectivity index (χ1v) is 4.98. The van der Waals surface area contributed by atoms with Crippen LogP contribution in [0.3, 0.4) is 0 Å². The van der Waals surface area contributed by atoms with Gasteiger partial charge in [0.25, 0.3) is 0 Å². The van der Waals surface area contributed by atoms with E-state index in [1.807, 2.05) is 0 Å². The second kappa shape index (κ2) is 2.72.